The molecule has 1 aliphatic heterocycles. The zero-order valence-corrected chi connectivity index (χ0v) is 15.5. The minimum Gasteiger partial charge on any atom is -0.301 e. The minimum absolute atomic E-state index is 0.698. The van der Waals surface area contributed by atoms with Gasteiger partial charge in [0.2, 0.25) is 0 Å². The number of nitrogens with zero attached hydrogens (tertiary/aromatic N) is 2. The molecule has 0 spiro atoms. The molecule has 20 heavy (non-hydrogen) atoms. The van der Waals surface area contributed by atoms with E-state index in [-0.39, 0.29) is 0 Å². The van der Waals surface area contributed by atoms with Gasteiger partial charge in [0.1, 0.15) is 0 Å². The van der Waals surface area contributed by atoms with Crippen molar-refractivity contribution in [2.45, 2.75) is 79.8 Å². The third-order valence-corrected chi connectivity index (χ3v) is 4.98. The average Bonchev–Trinajstić information content (AvgIpc) is 3.05. The zero-order chi connectivity index (χ0) is 15.7. The van der Waals surface area contributed by atoms with Crippen LogP contribution in [0.15, 0.2) is 5.38 Å². The third-order valence-electron chi connectivity index (χ3n) is 4.06. The number of hydrogen-bond donors (Lipinski definition) is 0. The minimum atomic E-state index is 0.698. The van der Waals surface area contributed by atoms with Gasteiger partial charge in [-0.25, -0.2) is 4.98 Å². The highest BCUT2D eigenvalue weighted by Gasteiger charge is 2.33. The van der Waals surface area contributed by atoms with E-state index in [2.05, 4.69) is 43.1 Å². The molecule has 0 aliphatic carbocycles. The van der Waals surface area contributed by atoms with Crippen LogP contribution in [0, 0.1) is 5.92 Å². The molecular formula is C17H34N2S. The summed E-state index contributed by atoms with van der Waals surface area (Å²) in [5.74, 6) is 0.788. The van der Waals surface area contributed by atoms with E-state index in [4.69, 9.17) is 0 Å². The fraction of sp³-hybridized carbons (Fsp3) is 0.824. The van der Waals surface area contributed by atoms with Gasteiger partial charge in [0.05, 0.1) is 10.7 Å². The first kappa shape index (κ1) is 19.6. The molecule has 2 rings (SSSR count). The van der Waals surface area contributed by atoms with Crippen LogP contribution in [0.25, 0.3) is 0 Å². The summed E-state index contributed by atoms with van der Waals surface area (Å²) in [6, 6.07) is 1.43. The van der Waals surface area contributed by atoms with Crippen molar-refractivity contribution in [1.82, 2.24) is 9.88 Å². The van der Waals surface area contributed by atoms with Gasteiger partial charge in [0.25, 0.3) is 0 Å². The van der Waals surface area contributed by atoms with E-state index in [1.54, 1.807) is 0 Å². The number of rotatable bonds is 3. The molecule has 1 saturated heterocycles. The molecular weight excluding hydrogens is 264 g/mol. The summed E-state index contributed by atoms with van der Waals surface area (Å²) in [6.45, 7) is 14.9. The van der Waals surface area contributed by atoms with Gasteiger partial charge in [-0.1, -0.05) is 34.6 Å². The topological polar surface area (TPSA) is 16.1 Å². The molecule has 0 aromatic carbocycles. The number of aromatic nitrogens is 1. The van der Waals surface area contributed by atoms with E-state index in [0.29, 0.717) is 6.04 Å². The molecule has 0 saturated carbocycles. The predicted octanol–water partition coefficient (Wildman–Crippen LogP) is 5.03. The fourth-order valence-corrected chi connectivity index (χ4v) is 3.59. The highest BCUT2D eigenvalue weighted by Crippen LogP contribution is 2.31. The molecule has 118 valence electrons. The molecule has 0 amide bonds. The number of thiazole rings is 1. The standard InChI is InChI=1S/C13H22N2S.2C2H6/c1-5-12-8-16-13(14-12)7-11-6-9(2)15(4)10(11)3;2*1-2/h8-11H,5-7H2,1-4H3;2*1-2H3/t9?,10-,11?;;/m1../s1. The van der Waals surface area contributed by atoms with Crippen LogP contribution in [0.1, 0.15) is 65.6 Å². The van der Waals surface area contributed by atoms with E-state index in [9.17, 15) is 0 Å². The Labute approximate surface area is 130 Å². The van der Waals surface area contributed by atoms with Gasteiger partial charge in [0, 0.05) is 23.9 Å². The van der Waals surface area contributed by atoms with Gasteiger partial charge in [-0.3, -0.25) is 0 Å². The van der Waals surface area contributed by atoms with Crippen molar-refractivity contribution in [2.24, 2.45) is 5.92 Å². The zero-order valence-electron chi connectivity index (χ0n) is 14.7. The molecule has 1 aromatic rings. The van der Waals surface area contributed by atoms with Gasteiger partial charge in [-0.2, -0.15) is 0 Å². The molecule has 0 radical (unpaired) electrons. The van der Waals surface area contributed by atoms with Crippen molar-refractivity contribution in [1.29, 1.82) is 0 Å². The maximum atomic E-state index is 4.68. The summed E-state index contributed by atoms with van der Waals surface area (Å²) in [5, 5.41) is 3.54. The molecule has 3 heteroatoms. The Bertz CT molecular complexity index is 349. The quantitative estimate of drug-likeness (QED) is 0.778. The highest BCUT2D eigenvalue weighted by molar-refractivity contribution is 7.09. The number of hydrogen-bond acceptors (Lipinski definition) is 3. The lowest BCUT2D eigenvalue weighted by Gasteiger charge is -2.21. The summed E-state index contributed by atoms with van der Waals surface area (Å²) in [6.07, 6.45) is 3.55. The summed E-state index contributed by atoms with van der Waals surface area (Å²) in [4.78, 5) is 7.18. The molecule has 1 fully saturated rings. The van der Waals surface area contributed by atoms with Crippen molar-refractivity contribution >= 4 is 11.3 Å². The van der Waals surface area contributed by atoms with Crippen LogP contribution >= 0.6 is 11.3 Å². The normalized spacial score (nSPS) is 25.5. The SMILES string of the molecule is CC.CC.CCc1csc(CC2CC(C)N(C)[C@@H]2C)n1. The Morgan fingerprint density at radius 3 is 2.25 bits per heavy atom. The molecule has 0 N–H and O–H groups in total. The summed E-state index contributed by atoms with van der Waals surface area (Å²) >= 11 is 1.84. The van der Waals surface area contributed by atoms with Crippen molar-refractivity contribution in [3.8, 4) is 0 Å². The first-order chi connectivity index (χ1) is 9.61. The second-order valence-corrected chi connectivity index (χ2v) is 5.98. The fourth-order valence-electron chi connectivity index (χ4n) is 2.62. The molecule has 1 aliphatic rings. The van der Waals surface area contributed by atoms with Crippen LogP contribution < -0.4 is 0 Å². The van der Waals surface area contributed by atoms with Crippen molar-refractivity contribution in [3.63, 3.8) is 0 Å². The van der Waals surface area contributed by atoms with Crippen molar-refractivity contribution < 1.29 is 0 Å². The molecule has 2 heterocycles. The largest absolute Gasteiger partial charge is 0.301 e. The Morgan fingerprint density at radius 1 is 1.25 bits per heavy atom. The third kappa shape index (κ3) is 5.17. The van der Waals surface area contributed by atoms with E-state index >= 15 is 0 Å². The van der Waals surface area contributed by atoms with Gasteiger partial charge in [-0.05, 0) is 39.7 Å². The molecule has 2 unspecified atom stereocenters. The predicted molar refractivity (Wildman–Crippen MR) is 92.7 cm³/mol. The van der Waals surface area contributed by atoms with Gasteiger partial charge in [-0.15, -0.1) is 11.3 Å². The average molecular weight is 299 g/mol. The van der Waals surface area contributed by atoms with Crippen molar-refractivity contribution in [2.75, 3.05) is 7.05 Å². The first-order valence-electron chi connectivity index (χ1n) is 8.27. The molecule has 0 bridgehead atoms. The highest BCUT2D eigenvalue weighted by atomic mass is 32.1. The lowest BCUT2D eigenvalue weighted by Crippen LogP contribution is -2.30. The van der Waals surface area contributed by atoms with Crippen LogP contribution in [0.4, 0.5) is 0 Å². The smallest absolute Gasteiger partial charge is 0.0931 e. The second kappa shape index (κ2) is 10.3. The van der Waals surface area contributed by atoms with E-state index in [1.165, 1.54) is 23.5 Å². The van der Waals surface area contributed by atoms with Gasteiger partial charge < -0.3 is 4.90 Å². The Balaban J connectivity index is 0.000000829. The molecule has 2 nitrogen and oxygen atoms in total. The molecule has 3 atom stereocenters. The van der Waals surface area contributed by atoms with Gasteiger partial charge in [0.15, 0.2) is 0 Å². The summed E-state index contributed by atoms with van der Waals surface area (Å²) < 4.78 is 0. The van der Waals surface area contributed by atoms with Gasteiger partial charge >= 0.3 is 0 Å². The van der Waals surface area contributed by atoms with Crippen LogP contribution in [-0.4, -0.2) is 29.0 Å². The van der Waals surface area contributed by atoms with Crippen LogP contribution in [-0.2, 0) is 12.8 Å². The first-order valence-corrected chi connectivity index (χ1v) is 9.15. The van der Waals surface area contributed by atoms with E-state index in [0.717, 1.165) is 18.4 Å². The Kier molecular flexibility index (Phi) is 10.1. The maximum absolute atomic E-state index is 4.68. The maximum Gasteiger partial charge on any atom is 0.0931 e. The Hall–Kier alpha value is -0.410. The summed E-state index contributed by atoms with van der Waals surface area (Å²) in [5.41, 5.74) is 1.26. The van der Waals surface area contributed by atoms with Crippen molar-refractivity contribution in [3.05, 3.63) is 16.1 Å². The van der Waals surface area contributed by atoms with E-state index < -0.39 is 0 Å². The van der Waals surface area contributed by atoms with Crippen LogP contribution in [0.5, 0.6) is 0 Å². The Morgan fingerprint density at radius 2 is 1.85 bits per heavy atom. The number of likely N-dealkylation sites (tertiary alicyclic amines) is 1. The second-order valence-electron chi connectivity index (χ2n) is 5.04. The number of aryl methyl sites for hydroxylation is 1. The summed E-state index contributed by atoms with van der Waals surface area (Å²) in [7, 11) is 2.24. The molecule has 1 aromatic heterocycles. The lowest BCUT2D eigenvalue weighted by molar-refractivity contribution is 0.249. The monoisotopic (exact) mass is 298 g/mol. The van der Waals surface area contributed by atoms with E-state index in [1.807, 2.05) is 39.0 Å². The lowest BCUT2D eigenvalue weighted by atomic mass is 9.97. The van der Waals surface area contributed by atoms with Crippen LogP contribution in [0.3, 0.4) is 0 Å². The van der Waals surface area contributed by atoms with Crippen LogP contribution in [0.2, 0.25) is 0 Å².